The number of hydrogen-bond donors (Lipinski definition) is 3. The number of benzene rings is 1. The van der Waals surface area contributed by atoms with E-state index in [-0.39, 0.29) is 11.7 Å². The summed E-state index contributed by atoms with van der Waals surface area (Å²) >= 11 is 7.37. The molecule has 0 spiro atoms. The van der Waals surface area contributed by atoms with Gasteiger partial charge < -0.3 is 11.1 Å². The summed E-state index contributed by atoms with van der Waals surface area (Å²) in [5.74, 6) is 0.287. The first-order valence-corrected chi connectivity index (χ1v) is 12.4. The van der Waals surface area contributed by atoms with Gasteiger partial charge in [0, 0.05) is 21.4 Å². The number of primary amides is 1. The lowest BCUT2D eigenvalue weighted by molar-refractivity contribution is -0.113. The van der Waals surface area contributed by atoms with E-state index in [0.29, 0.717) is 21.8 Å². The topological polar surface area (TPSA) is 103 Å². The smallest absolute Gasteiger partial charge is 0.251 e. The Bertz CT molecular complexity index is 1180. The fraction of sp³-hybridized carbons (Fsp3) is 0.333. The molecule has 1 aromatic carbocycles. The Morgan fingerprint density at radius 3 is 2.81 bits per heavy atom. The van der Waals surface area contributed by atoms with Gasteiger partial charge in [0.05, 0.1) is 11.3 Å². The number of anilines is 1. The first kappa shape index (κ1) is 20.6. The van der Waals surface area contributed by atoms with Crippen molar-refractivity contribution >= 4 is 52.5 Å². The van der Waals surface area contributed by atoms with Crippen LogP contribution in [0.5, 0.6) is 0 Å². The number of nitrogens with zero attached hydrogens (tertiary/aromatic N) is 3. The molecule has 2 heterocycles. The molecule has 2 aliphatic rings. The average Bonchev–Trinajstić information content (AvgIpc) is 3.16. The molecule has 2 aliphatic carbocycles. The third-order valence-electron chi connectivity index (χ3n) is 5.47. The summed E-state index contributed by atoms with van der Waals surface area (Å²) < 4.78 is 2.11. The van der Waals surface area contributed by atoms with Crippen molar-refractivity contribution in [3.8, 4) is 11.4 Å². The minimum absolute atomic E-state index is 0.175. The van der Waals surface area contributed by atoms with Gasteiger partial charge in [0.2, 0.25) is 5.91 Å². The summed E-state index contributed by atoms with van der Waals surface area (Å²) in [4.78, 5) is 26.6. The van der Waals surface area contributed by atoms with Crippen molar-refractivity contribution in [2.45, 2.75) is 48.2 Å². The zero-order chi connectivity index (χ0) is 21.5. The molecule has 160 valence electrons. The molecule has 2 amide bonds. The number of thiophene rings is 1. The van der Waals surface area contributed by atoms with Crippen molar-refractivity contribution < 1.29 is 9.59 Å². The summed E-state index contributed by atoms with van der Waals surface area (Å²) in [6.07, 6.45) is 4.95. The molecular formula is C21H21N5O2S3. The average molecular weight is 472 g/mol. The van der Waals surface area contributed by atoms with Crippen LogP contribution in [0.25, 0.3) is 11.4 Å². The number of carbonyl (C=O) groups is 2. The van der Waals surface area contributed by atoms with Crippen molar-refractivity contribution in [3.63, 3.8) is 0 Å². The highest BCUT2D eigenvalue weighted by molar-refractivity contribution is 7.99. The van der Waals surface area contributed by atoms with E-state index >= 15 is 0 Å². The van der Waals surface area contributed by atoms with Gasteiger partial charge in [-0.1, -0.05) is 30.0 Å². The van der Waals surface area contributed by atoms with E-state index < -0.39 is 5.91 Å². The highest BCUT2D eigenvalue weighted by Crippen LogP contribution is 2.42. The summed E-state index contributed by atoms with van der Waals surface area (Å²) in [5, 5.41) is 12.9. The van der Waals surface area contributed by atoms with E-state index in [4.69, 9.17) is 5.73 Å². The van der Waals surface area contributed by atoms with E-state index in [2.05, 4.69) is 32.7 Å². The fourth-order valence-corrected chi connectivity index (χ4v) is 6.31. The second-order valence-electron chi connectivity index (χ2n) is 7.69. The molecular weight excluding hydrogens is 450 g/mol. The molecule has 1 fully saturated rings. The summed E-state index contributed by atoms with van der Waals surface area (Å²) in [5.41, 5.74) is 8.00. The Labute approximate surface area is 193 Å². The zero-order valence-corrected chi connectivity index (χ0v) is 19.2. The fourth-order valence-electron chi connectivity index (χ4n) is 3.93. The molecule has 1 saturated carbocycles. The molecule has 10 heteroatoms. The van der Waals surface area contributed by atoms with Crippen LogP contribution in [0, 0.1) is 0 Å². The molecule has 0 atom stereocenters. The molecule has 2 aromatic heterocycles. The van der Waals surface area contributed by atoms with Gasteiger partial charge in [-0.3, -0.25) is 14.2 Å². The molecule has 0 unspecified atom stereocenters. The van der Waals surface area contributed by atoms with Crippen molar-refractivity contribution in [1.82, 2.24) is 14.8 Å². The Morgan fingerprint density at radius 2 is 2.06 bits per heavy atom. The second kappa shape index (κ2) is 8.33. The van der Waals surface area contributed by atoms with Crippen LogP contribution in [0.1, 0.15) is 46.1 Å². The van der Waals surface area contributed by atoms with Crippen LogP contribution >= 0.6 is 35.7 Å². The highest BCUT2D eigenvalue weighted by atomic mass is 32.2. The first-order chi connectivity index (χ1) is 15.0. The monoisotopic (exact) mass is 471 g/mol. The SMILES string of the molecule is NC(=O)c1c(NC(=O)CSc2nnc(-c3ccccc3S)n2C2CC2)sc2c1CCC2. The minimum Gasteiger partial charge on any atom is -0.365 e. The van der Waals surface area contributed by atoms with Crippen LogP contribution in [0.4, 0.5) is 5.00 Å². The summed E-state index contributed by atoms with van der Waals surface area (Å²) in [6.45, 7) is 0. The van der Waals surface area contributed by atoms with Crippen LogP contribution < -0.4 is 11.1 Å². The number of aryl methyl sites for hydroxylation is 1. The number of rotatable bonds is 7. The number of thioether (sulfide) groups is 1. The van der Waals surface area contributed by atoms with Crippen LogP contribution in [-0.4, -0.2) is 32.3 Å². The Kier molecular flexibility index (Phi) is 5.53. The lowest BCUT2D eigenvalue weighted by Gasteiger charge is -2.10. The number of nitrogens with one attached hydrogen (secondary N) is 1. The van der Waals surface area contributed by atoms with E-state index in [1.54, 1.807) is 0 Å². The number of nitrogens with two attached hydrogens (primary N) is 1. The van der Waals surface area contributed by atoms with E-state index in [9.17, 15) is 9.59 Å². The summed E-state index contributed by atoms with van der Waals surface area (Å²) in [7, 11) is 0. The molecule has 0 saturated heterocycles. The Hall–Kier alpha value is -2.30. The second-order valence-corrected chi connectivity index (χ2v) is 10.2. The first-order valence-electron chi connectivity index (χ1n) is 10.1. The van der Waals surface area contributed by atoms with Crippen molar-refractivity contribution in [3.05, 3.63) is 40.3 Å². The normalized spacial score (nSPS) is 15.1. The number of carbonyl (C=O) groups excluding carboxylic acids is 2. The van der Waals surface area contributed by atoms with Gasteiger partial charge in [0.25, 0.3) is 5.91 Å². The molecule has 31 heavy (non-hydrogen) atoms. The van der Waals surface area contributed by atoms with Crippen LogP contribution in [0.15, 0.2) is 34.3 Å². The van der Waals surface area contributed by atoms with Gasteiger partial charge in [-0.2, -0.15) is 0 Å². The Morgan fingerprint density at radius 1 is 1.26 bits per heavy atom. The lowest BCUT2D eigenvalue weighted by atomic mass is 10.1. The Balaban J connectivity index is 1.33. The molecule has 0 bridgehead atoms. The highest BCUT2D eigenvalue weighted by Gasteiger charge is 2.31. The number of fused-ring (bicyclic) bond motifs is 1. The third kappa shape index (κ3) is 3.99. The van der Waals surface area contributed by atoms with Gasteiger partial charge in [-0.15, -0.1) is 34.2 Å². The van der Waals surface area contributed by atoms with Crippen molar-refractivity contribution in [2.24, 2.45) is 5.73 Å². The maximum atomic E-state index is 12.7. The van der Waals surface area contributed by atoms with Crippen LogP contribution in [0.3, 0.4) is 0 Å². The minimum atomic E-state index is -0.481. The largest absolute Gasteiger partial charge is 0.365 e. The number of hydrogen-bond acceptors (Lipinski definition) is 7. The van der Waals surface area contributed by atoms with Gasteiger partial charge >= 0.3 is 0 Å². The molecule has 3 N–H and O–H groups in total. The predicted octanol–water partition coefficient (Wildman–Crippen LogP) is 3.95. The van der Waals surface area contributed by atoms with Gasteiger partial charge in [0.1, 0.15) is 5.00 Å². The van der Waals surface area contributed by atoms with Crippen LogP contribution in [0.2, 0.25) is 0 Å². The standard InChI is InChI=1S/C21H21N5O2S3/c22-18(28)17-13-5-3-7-15(13)31-20(17)23-16(27)10-30-21-25-24-19(26(21)11-8-9-11)12-4-1-2-6-14(12)29/h1-2,4,6,11,29H,3,5,7-10H2,(H2,22,28)(H,23,27). The van der Waals surface area contributed by atoms with Crippen LogP contribution in [-0.2, 0) is 17.6 Å². The number of aromatic nitrogens is 3. The number of amides is 2. The number of thiol groups is 1. The predicted molar refractivity (Wildman–Crippen MR) is 125 cm³/mol. The van der Waals surface area contributed by atoms with Gasteiger partial charge in [-0.05, 0) is 43.7 Å². The zero-order valence-electron chi connectivity index (χ0n) is 16.6. The summed E-state index contributed by atoms with van der Waals surface area (Å²) in [6, 6.07) is 8.15. The van der Waals surface area contributed by atoms with E-state index in [1.807, 2.05) is 24.3 Å². The van der Waals surface area contributed by atoms with Crippen molar-refractivity contribution in [1.29, 1.82) is 0 Å². The van der Waals surface area contributed by atoms with Crippen molar-refractivity contribution in [2.75, 3.05) is 11.1 Å². The van der Waals surface area contributed by atoms with Gasteiger partial charge in [-0.25, -0.2) is 0 Å². The van der Waals surface area contributed by atoms with E-state index in [1.165, 1.54) is 23.1 Å². The molecule has 0 aliphatic heterocycles. The molecule has 7 nitrogen and oxygen atoms in total. The third-order valence-corrected chi connectivity index (χ3v) is 8.01. The quantitative estimate of drug-likeness (QED) is 0.358. The molecule has 0 radical (unpaired) electrons. The maximum Gasteiger partial charge on any atom is 0.251 e. The molecule has 3 aromatic rings. The lowest BCUT2D eigenvalue weighted by Crippen LogP contribution is -2.19. The molecule has 5 rings (SSSR count). The van der Waals surface area contributed by atoms with Gasteiger partial charge in [0.15, 0.2) is 11.0 Å². The van der Waals surface area contributed by atoms with E-state index in [0.717, 1.165) is 58.8 Å². The maximum absolute atomic E-state index is 12.7.